The number of carbonyl (C=O) groups excluding carboxylic acids is 2. The van der Waals surface area contributed by atoms with Crippen LogP contribution in [-0.2, 0) is 9.63 Å². The van der Waals surface area contributed by atoms with Gasteiger partial charge in [0.2, 0.25) is 0 Å². The first-order valence-electron chi connectivity index (χ1n) is 4.77. The summed E-state index contributed by atoms with van der Waals surface area (Å²) in [4.78, 5) is 27.4. The molecule has 0 saturated carbocycles. The number of hydroxylamine groups is 2. The Balaban J connectivity index is 2.08. The molecule has 1 saturated heterocycles. The van der Waals surface area contributed by atoms with Crippen LogP contribution in [0.2, 0.25) is 0 Å². The van der Waals surface area contributed by atoms with Gasteiger partial charge in [-0.3, -0.25) is 4.79 Å². The van der Waals surface area contributed by atoms with Gasteiger partial charge in [-0.05, 0) is 18.6 Å². The first-order valence-corrected chi connectivity index (χ1v) is 4.77. The zero-order chi connectivity index (χ0) is 10.8. The van der Waals surface area contributed by atoms with Gasteiger partial charge in [-0.15, -0.1) is 0 Å². The van der Waals surface area contributed by atoms with Gasteiger partial charge in [-0.2, -0.15) is 5.06 Å². The van der Waals surface area contributed by atoms with Crippen molar-refractivity contribution in [2.75, 3.05) is 6.54 Å². The van der Waals surface area contributed by atoms with E-state index in [1.54, 1.807) is 12.1 Å². The lowest BCUT2D eigenvalue weighted by Gasteiger charge is -2.28. The van der Waals surface area contributed by atoms with Gasteiger partial charge in [-0.25, -0.2) is 4.79 Å². The van der Waals surface area contributed by atoms with E-state index in [0.717, 1.165) is 10.6 Å². The monoisotopic (exact) mass is 205 g/mol. The second-order valence-corrected chi connectivity index (χ2v) is 3.44. The van der Waals surface area contributed by atoms with Crippen molar-refractivity contribution in [3.63, 3.8) is 0 Å². The number of aryl methyl sites for hydroxylation is 1. The lowest BCUT2D eigenvalue weighted by molar-refractivity contribution is -0.185. The topological polar surface area (TPSA) is 46.6 Å². The lowest BCUT2D eigenvalue weighted by atomic mass is 10.1. The highest BCUT2D eigenvalue weighted by Gasteiger charge is 2.28. The highest BCUT2D eigenvalue weighted by atomic mass is 16.7. The van der Waals surface area contributed by atoms with Crippen LogP contribution in [-0.4, -0.2) is 23.5 Å². The molecule has 0 bridgehead atoms. The molecular formula is C11H11NO3. The Labute approximate surface area is 87.4 Å². The van der Waals surface area contributed by atoms with Crippen molar-refractivity contribution < 1.29 is 14.4 Å². The molecule has 0 atom stereocenters. The summed E-state index contributed by atoms with van der Waals surface area (Å²) in [5, 5.41) is 1.09. The van der Waals surface area contributed by atoms with Crippen molar-refractivity contribution in [3.8, 4) is 0 Å². The highest BCUT2D eigenvalue weighted by Crippen LogP contribution is 2.14. The second-order valence-electron chi connectivity index (χ2n) is 3.44. The van der Waals surface area contributed by atoms with Crippen molar-refractivity contribution in [1.82, 2.24) is 5.06 Å². The average molecular weight is 205 g/mol. The largest absolute Gasteiger partial charge is 0.363 e. The van der Waals surface area contributed by atoms with E-state index in [0.29, 0.717) is 18.5 Å². The van der Waals surface area contributed by atoms with Gasteiger partial charge in [0.1, 0.15) is 0 Å². The third kappa shape index (κ3) is 1.83. The fourth-order valence-electron chi connectivity index (χ4n) is 1.34. The Morgan fingerprint density at radius 2 is 2.13 bits per heavy atom. The van der Waals surface area contributed by atoms with E-state index in [2.05, 4.69) is 0 Å². The average Bonchev–Trinajstić information content (AvgIpc) is 2.24. The second kappa shape index (κ2) is 3.73. The van der Waals surface area contributed by atoms with Gasteiger partial charge in [0.05, 0.1) is 18.5 Å². The number of carbonyl (C=O) groups is 2. The van der Waals surface area contributed by atoms with Crippen LogP contribution >= 0.6 is 0 Å². The van der Waals surface area contributed by atoms with Crippen molar-refractivity contribution in [3.05, 3.63) is 35.4 Å². The number of hydrogen-bond acceptors (Lipinski definition) is 3. The van der Waals surface area contributed by atoms with E-state index < -0.39 is 5.97 Å². The normalized spacial score (nSPS) is 14.7. The zero-order valence-electron chi connectivity index (χ0n) is 8.40. The molecule has 1 heterocycles. The molecular weight excluding hydrogens is 194 g/mol. The Morgan fingerprint density at radius 3 is 2.67 bits per heavy atom. The molecule has 1 aromatic rings. The van der Waals surface area contributed by atoms with Crippen molar-refractivity contribution >= 4 is 11.9 Å². The van der Waals surface area contributed by atoms with E-state index >= 15 is 0 Å². The first-order chi connectivity index (χ1) is 7.18. The lowest BCUT2D eigenvalue weighted by Crippen LogP contribution is -2.44. The SMILES string of the molecule is Cc1ccccc1C(=O)ON1CCC1=O. The molecule has 0 unspecified atom stereocenters. The molecule has 1 amide bonds. The van der Waals surface area contributed by atoms with Crippen molar-refractivity contribution in [2.45, 2.75) is 13.3 Å². The van der Waals surface area contributed by atoms with E-state index in [1.165, 1.54) is 0 Å². The summed E-state index contributed by atoms with van der Waals surface area (Å²) < 4.78 is 0. The Bertz CT molecular complexity index is 414. The Kier molecular flexibility index (Phi) is 2.41. The van der Waals surface area contributed by atoms with E-state index in [1.807, 2.05) is 19.1 Å². The zero-order valence-corrected chi connectivity index (χ0v) is 8.40. The fraction of sp³-hybridized carbons (Fsp3) is 0.273. The van der Waals surface area contributed by atoms with Crippen LogP contribution in [0.5, 0.6) is 0 Å². The van der Waals surface area contributed by atoms with Crippen LogP contribution in [0.1, 0.15) is 22.3 Å². The molecule has 2 rings (SSSR count). The van der Waals surface area contributed by atoms with Crippen molar-refractivity contribution in [1.29, 1.82) is 0 Å². The predicted octanol–water partition coefficient (Wildman–Crippen LogP) is 1.30. The number of benzene rings is 1. The van der Waals surface area contributed by atoms with E-state index in [-0.39, 0.29) is 5.91 Å². The molecule has 1 aromatic carbocycles. The quantitative estimate of drug-likeness (QED) is 0.683. The van der Waals surface area contributed by atoms with Gasteiger partial charge in [0.15, 0.2) is 0 Å². The van der Waals surface area contributed by atoms with E-state index in [9.17, 15) is 9.59 Å². The van der Waals surface area contributed by atoms with Gasteiger partial charge >= 0.3 is 5.97 Å². The fourth-order valence-corrected chi connectivity index (χ4v) is 1.34. The predicted molar refractivity (Wildman–Crippen MR) is 52.9 cm³/mol. The van der Waals surface area contributed by atoms with E-state index in [4.69, 9.17) is 4.84 Å². The first kappa shape index (κ1) is 9.71. The number of rotatable bonds is 2. The number of hydrogen-bond donors (Lipinski definition) is 0. The van der Waals surface area contributed by atoms with Crippen LogP contribution in [0.3, 0.4) is 0 Å². The molecule has 15 heavy (non-hydrogen) atoms. The highest BCUT2D eigenvalue weighted by molar-refractivity contribution is 5.92. The third-order valence-corrected chi connectivity index (χ3v) is 2.37. The number of β-lactam (4-membered cyclic amide) rings is 1. The summed E-state index contributed by atoms with van der Waals surface area (Å²) in [6.07, 6.45) is 0.459. The molecule has 0 aromatic heterocycles. The minimum Gasteiger partial charge on any atom is -0.333 e. The standard InChI is InChI=1S/C11H11NO3/c1-8-4-2-3-5-9(8)11(14)15-12-7-6-10(12)13/h2-5H,6-7H2,1H3. The number of nitrogens with zero attached hydrogens (tertiary/aromatic N) is 1. The van der Waals surface area contributed by atoms with Crippen molar-refractivity contribution in [2.24, 2.45) is 0 Å². The van der Waals surface area contributed by atoms with Gasteiger partial charge in [0, 0.05) is 0 Å². The van der Waals surface area contributed by atoms with Crippen LogP contribution < -0.4 is 0 Å². The smallest absolute Gasteiger partial charge is 0.333 e. The molecule has 0 N–H and O–H groups in total. The molecule has 4 nitrogen and oxygen atoms in total. The maximum absolute atomic E-state index is 11.6. The maximum atomic E-state index is 11.6. The summed E-state index contributed by atoms with van der Waals surface area (Å²) in [5.41, 5.74) is 1.34. The molecule has 0 spiro atoms. The molecule has 1 aliphatic heterocycles. The molecule has 0 radical (unpaired) electrons. The van der Waals surface area contributed by atoms with Crippen LogP contribution in [0.15, 0.2) is 24.3 Å². The number of amides is 1. The summed E-state index contributed by atoms with van der Waals surface area (Å²) in [6.45, 7) is 2.32. The van der Waals surface area contributed by atoms with Gasteiger partial charge < -0.3 is 4.84 Å². The summed E-state index contributed by atoms with van der Waals surface area (Å²) in [5.74, 6) is -0.613. The Hall–Kier alpha value is -1.84. The van der Waals surface area contributed by atoms with Crippen LogP contribution in [0, 0.1) is 6.92 Å². The Morgan fingerprint density at radius 1 is 1.40 bits per heavy atom. The minimum absolute atomic E-state index is 0.142. The molecule has 78 valence electrons. The summed E-state index contributed by atoms with van der Waals surface area (Å²) in [7, 11) is 0. The molecule has 1 fully saturated rings. The summed E-state index contributed by atoms with van der Waals surface area (Å²) >= 11 is 0. The molecule has 0 aliphatic carbocycles. The molecule has 1 aliphatic rings. The summed E-state index contributed by atoms with van der Waals surface area (Å²) in [6, 6.07) is 7.12. The van der Waals surface area contributed by atoms with Gasteiger partial charge in [-0.1, -0.05) is 18.2 Å². The van der Waals surface area contributed by atoms with Gasteiger partial charge in [0.25, 0.3) is 5.91 Å². The van der Waals surface area contributed by atoms with Crippen LogP contribution in [0.4, 0.5) is 0 Å². The van der Waals surface area contributed by atoms with Crippen LogP contribution in [0.25, 0.3) is 0 Å². The molecule has 4 heteroatoms. The minimum atomic E-state index is -0.471. The maximum Gasteiger partial charge on any atom is 0.363 e. The third-order valence-electron chi connectivity index (χ3n) is 2.37.